The van der Waals surface area contributed by atoms with Gasteiger partial charge < -0.3 is 4.90 Å². The van der Waals surface area contributed by atoms with Crippen LogP contribution in [0.1, 0.15) is 18.1 Å². The zero-order valence-electron chi connectivity index (χ0n) is 17.2. The first kappa shape index (κ1) is 18.4. The lowest BCUT2D eigenvalue weighted by Crippen LogP contribution is -2.63. The third kappa shape index (κ3) is 2.55. The van der Waals surface area contributed by atoms with Crippen molar-refractivity contribution in [2.75, 3.05) is 19.0 Å². The summed E-state index contributed by atoms with van der Waals surface area (Å²) in [6.07, 6.45) is 2.40. The normalized spacial score (nSPS) is 22.9. The van der Waals surface area contributed by atoms with E-state index in [1.807, 2.05) is 41.4 Å². The molecule has 1 fully saturated rings. The highest BCUT2D eigenvalue weighted by atomic mass is 16.2. The number of hydrogen-bond acceptors (Lipinski definition) is 5. The van der Waals surface area contributed by atoms with Crippen molar-refractivity contribution < 1.29 is 9.59 Å². The lowest BCUT2D eigenvalue weighted by molar-refractivity contribution is -0.135. The summed E-state index contributed by atoms with van der Waals surface area (Å²) in [6, 6.07) is 17.5. The van der Waals surface area contributed by atoms with Gasteiger partial charge in [-0.3, -0.25) is 19.5 Å². The van der Waals surface area contributed by atoms with Gasteiger partial charge in [0.05, 0.1) is 5.70 Å². The Balaban J connectivity index is 1.63. The molecule has 152 valence electrons. The summed E-state index contributed by atoms with van der Waals surface area (Å²) in [6.45, 7) is 2.13. The number of hydrogen-bond donors (Lipinski definition) is 0. The first-order valence-electron chi connectivity index (χ1n) is 10.1. The largest absolute Gasteiger partial charge is 0.328 e. The molecule has 3 aliphatic rings. The van der Waals surface area contributed by atoms with Gasteiger partial charge in [-0.15, -0.1) is 0 Å². The Morgan fingerprint density at radius 3 is 2.33 bits per heavy atom. The number of amides is 3. The van der Waals surface area contributed by atoms with E-state index in [1.54, 1.807) is 7.05 Å². The number of rotatable bonds is 3. The Kier molecular flexibility index (Phi) is 4.13. The number of benzene rings is 2. The minimum absolute atomic E-state index is 0.242. The fraction of sp³-hybridized carbons (Fsp3) is 0.261. The molecule has 1 saturated heterocycles. The molecule has 3 heterocycles. The van der Waals surface area contributed by atoms with E-state index >= 15 is 0 Å². The fourth-order valence-corrected chi connectivity index (χ4v) is 4.27. The van der Waals surface area contributed by atoms with Crippen LogP contribution in [-0.2, 0) is 11.2 Å². The Labute approximate surface area is 175 Å². The molecule has 0 N–H and O–H groups in total. The summed E-state index contributed by atoms with van der Waals surface area (Å²) >= 11 is 0. The molecule has 2 aromatic rings. The van der Waals surface area contributed by atoms with Gasteiger partial charge in [0.25, 0.3) is 5.91 Å². The van der Waals surface area contributed by atoms with Crippen molar-refractivity contribution in [1.29, 1.82) is 0 Å². The minimum Gasteiger partial charge on any atom is -0.302 e. The number of guanidine groups is 1. The number of nitrogens with zero attached hydrogens (tertiary/aromatic N) is 5. The van der Waals surface area contributed by atoms with E-state index in [0.717, 1.165) is 23.4 Å². The lowest BCUT2D eigenvalue weighted by Gasteiger charge is -2.38. The SMILES string of the molecule is CCc1ccc(N2C(c3ccccc3)=CN3C2=NC2C3C(=O)N(C)C(=O)N2C)cc1. The van der Waals surface area contributed by atoms with Crippen molar-refractivity contribution in [2.24, 2.45) is 4.99 Å². The quantitative estimate of drug-likeness (QED) is 0.794. The number of urea groups is 1. The topological polar surface area (TPSA) is 59.5 Å². The first-order chi connectivity index (χ1) is 14.5. The average Bonchev–Trinajstić information content (AvgIpc) is 3.33. The van der Waals surface area contributed by atoms with E-state index in [4.69, 9.17) is 4.99 Å². The van der Waals surface area contributed by atoms with Crippen molar-refractivity contribution >= 4 is 29.3 Å². The van der Waals surface area contributed by atoms with Gasteiger partial charge in [0, 0.05) is 31.5 Å². The highest BCUT2D eigenvalue weighted by Crippen LogP contribution is 2.39. The predicted molar refractivity (Wildman–Crippen MR) is 115 cm³/mol. The molecular weight excluding hydrogens is 378 g/mol. The zero-order chi connectivity index (χ0) is 21.0. The van der Waals surface area contributed by atoms with E-state index in [2.05, 4.69) is 36.1 Å². The van der Waals surface area contributed by atoms with Crippen molar-refractivity contribution in [2.45, 2.75) is 25.6 Å². The number of aryl methyl sites for hydroxylation is 1. The van der Waals surface area contributed by atoms with Crippen LogP contribution in [0, 0.1) is 0 Å². The number of likely N-dealkylation sites (N-methyl/N-ethyl adjacent to an activating group) is 2. The molecule has 0 radical (unpaired) electrons. The molecule has 3 amide bonds. The van der Waals surface area contributed by atoms with Crippen LogP contribution in [0.4, 0.5) is 10.5 Å². The summed E-state index contributed by atoms with van der Waals surface area (Å²) in [4.78, 5) is 36.9. The third-order valence-corrected chi connectivity index (χ3v) is 6.00. The smallest absolute Gasteiger partial charge is 0.302 e. The van der Waals surface area contributed by atoms with E-state index in [1.165, 1.54) is 22.4 Å². The van der Waals surface area contributed by atoms with Crippen LogP contribution in [0.5, 0.6) is 0 Å². The Morgan fingerprint density at radius 2 is 1.67 bits per heavy atom. The molecule has 3 aliphatic heterocycles. The minimum atomic E-state index is -0.564. The van der Waals surface area contributed by atoms with Gasteiger partial charge in [0.1, 0.15) is 0 Å². The highest BCUT2D eigenvalue weighted by molar-refractivity contribution is 6.16. The maximum absolute atomic E-state index is 13.0. The summed E-state index contributed by atoms with van der Waals surface area (Å²) in [5, 5.41) is 0. The molecule has 30 heavy (non-hydrogen) atoms. The second-order valence-electron chi connectivity index (χ2n) is 7.72. The zero-order valence-corrected chi connectivity index (χ0v) is 17.2. The Morgan fingerprint density at radius 1 is 0.967 bits per heavy atom. The maximum atomic E-state index is 13.0. The molecule has 0 saturated carbocycles. The molecule has 2 unspecified atom stereocenters. The van der Waals surface area contributed by atoms with Crippen molar-refractivity contribution in [3.8, 4) is 0 Å². The summed E-state index contributed by atoms with van der Waals surface area (Å²) in [5.74, 6) is 0.421. The standard InChI is InChI=1S/C23H23N5O2/c1-4-15-10-12-17(13-11-15)28-18(16-8-6-5-7-9-16)14-27-19-20(24-22(27)28)25(2)23(30)26(3)21(19)29/h5-14,19-20H,4H2,1-3H3. The Bertz CT molecular complexity index is 1080. The highest BCUT2D eigenvalue weighted by Gasteiger charge is 2.54. The molecular formula is C23H23N5O2. The molecule has 2 atom stereocenters. The number of carbonyl (C=O) groups is 2. The van der Waals surface area contributed by atoms with E-state index in [-0.39, 0.29) is 11.9 Å². The van der Waals surface area contributed by atoms with Gasteiger partial charge in [-0.1, -0.05) is 49.4 Å². The first-order valence-corrected chi connectivity index (χ1v) is 10.1. The number of imide groups is 1. The van der Waals surface area contributed by atoms with Gasteiger partial charge in [0.15, 0.2) is 12.2 Å². The second-order valence-corrected chi connectivity index (χ2v) is 7.72. The lowest BCUT2D eigenvalue weighted by atomic mass is 10.1. The van der Waals surface area contributed by atoms with Crippen LogP contribution >= 0.6 is 0 Å². The van der Waals surface area contributed by atoms with Crippen molar-refractivity contribution in [3.05, 3.63) is 71.9 Å². The van der Waals surface area contributed by atoms with Gasteiger partial charge >= 0.3 is 6.03 Å². The van der Waals surface area contributed by atoms with Crippen LogP contribution < -0.4 is 4.90 Å². The van der Waals surface area contributed by atoms with E-state index in [0.29, 0.717) is 5.96 Å². The summed E-state index contributed by atoms with van der Waals surface area (Å²) in [5.41, 5.74) is 4.21. The van der Waals surface area contributed by atoms with Crippen LogP contribution in [0.2, 0.25) is 0 Å². The summed E-state index contributed by atoms with van der Waals surface area (Å²) < 4.78 is 0. The van der Waals surface area contributed by atoms with E-state index < -0.39 is 12.2 Å². The van der Waals surface area contributed by atoms with Gasteiger partial charge in [0.2, 0.25) is 5.96 Å². The number of carbonyl (C=O) groups excluding carboxylic acids is 2. The van der Waals surface area contributed by atoms with Crippen LogP contribution in [-0.4, -0.2) is 58.9 Å². The monoisotopic (exact) mass is 401 g/mol. The van der Waals surface area contributed by atoms with Gasteiger partial charge in [-0.2, -0.15) is 0 Å². The molecule has 5 rings (SSSR count). The van der Waals surface area contributed by atoms with Crippen molar-refractivity contribution in [1.82, 2.24) is 14.7 Å². The molecule has 0 aromatic heterocycles. The molecule has 2 aromatic carbocycles. The second kappa shape index (κ2) is 6.73. The average molecular weight is 401 g/mol. The summed E-state index contributed by atoms with van der Waals surface area (Å²) in [7, 11) is 3.21. The van der Waals surface area contributed by atoms with Crippen LogP contribution in [0.3, 0.4) is 0 Å². The molecule has 7 nitrogen and oxygen atoms in total. The van der Waals surface area contributed by atoms with Gasteiger partial charge in [-0.25, -0.2) is 9.79 Å². The van der Waals surface area contributed by atoms with Crippen LogP contribution in [0.15, 0.2) is 65.8 Å². The molecule has 0 spiro atoms. The molecule has 0 bridgehead atoms. The third-order valence-electron chi connectivity index (χ3n) is 6.00. The number of fused-ring (bicyclic) bond motifs is 3. The fourth-order valence-electron chi connectivity index (χ4n) is 4.27. The van der Waals surface area contributed by atoms with Crippen molar-refractivity contribution in [3.63, 3.8) is 0 Å². The number of aliphatic imine (C=N–C) groups is 1. The molecule has 7 heteroatoms. The Hall–Kier alpha value is -3.61. The van der Waals surface area contributed by atoms with E-state index in [9.17, 15) is 9.59 Å². The number of anilines is 1. The van der Waals surface area contributed by atoms with Gasteiger partial charge in [-0.05, 0) is 24.1 Å². The molecule has 0 aliphatic carbocycles. The predicted octanol–water partition coefficient (Wildman–Crippen LogP) is 2.96. The van der Waals surface area contributed by atoms with Crippen LogP contribution in [0.25, 0.3) is 5.70 Å². The maximum Gasteiger partial charge on any atom is 0.328 e.